The number of nitrogens with two attached hydrogens (primary N) is 1. The molecule has 0 amide bonds. The zero-order chi connectivity index (χ0) is 15.6. The minimum absolute atomic E-state index is 0.167. The van der Waals surface area contributed by atoms with E-state index in [2.05, 4.69) is 36.6 Å². The van der Waals surface area contributed by atoms with Gasteiger partial charge in [0.2, 0.25) is 0 Å². The molecule has 5 nitrogen and oxygen atoms in total. The Hall–Kier alpha value is -1.73. The van der Waals surface area contributed by atoms with Crippen molar-refractivity contribution in [1.29, 1.82) is 0 Å². The van der Waals surface area contributed by atoms with Gasteiger partial charge in [-0.1, -0.05) is 13.8 Å². The molecule has 0 atom stereocenters. The molecule has 1 aromatic heterocycles. The Morgan fingerprint density at radius 1 is 1.19 bits per heavy atom. The molecule has 1 aromatic carbocycles. The lowest BCUT2D eigenvalue weighted by Crippen LogP contribution is -2.12. The number of nitrogen functional groups attached to an aromatic ring is 1. The number of hydrazine groups is 1. The Morgan fingerprint density at radius 2 is 1.86 bits per heavy atom. The van der Waals surface area contributed by atoms with Crippen molar-refractivity contribution in [3.63, 3.8) is 0 Å². The number of halogens is 2. The van der Waals surface area contributed by atoms with Crippen molar-refractivity contribution in [2.24, 2.45) is 5.84 Å². The summed E-state index contributed by atoms with van der Waals surface area (Å²) in [5, 5.41) is 3.17. The van der Waals surface area contributed by atoms with Gasteiger partial charge in [-0.15, -0.1) is 0 Å². The van der Waals surface area contributed by atoms with Gasteiger partial charge in [0.1, 0.15) is 23.3 Å². The minimum atomic E-state index is -0.298. The Labute approximate surface area is 131 Å². The van der Waals surface area contributed by atoms with Crippen molar-refractivity contribution in [2.75, 3.05) is 10.7 Å². The van der Waals surface area contributed by atoms with E-state index < -0.39 is 0 Å². The summed E-state index contributed by atoms with van der Waals surface area (Å²) in [6.45, 7) is 5.82. The van der Waals surface area contributed by atoms with Crippen LogP contribution in [0.2, 0.25) is 0 Å². The maximum Gasteiger partial charge on any atom is 0.145 e. The molecule has 0 saturated heterocycles. The van der Waals surface area contributed by atoms with Crippen LogP contribution in [-0.2, 0) is 0 Å². The smallest absolute Gasteiger partial charge is 0.145 e. The van der Waals surface area contributed by atoms with Gasteiger partial charge in [-0.25, -0.2) is 20.2 Å². The van der Waals surface area contributed by atoms with Gasteiger partial charge in [0.15, 0.2) is 0 Å². The van der Waals surface area contributed by atoms with Crippen LogP contribution >= 0.6 is 15.9 Å². The molecular formula is C14H17BrFN5. The Kier molecular flexibility index (Phi) is 4.74. The molecule has 0 saturated carbocycles. The van der Waals surface area contributed by atoms with Crippen LogP contribution in [0.25, 0.3) is 0 Å². The predicted molar refractivity (Wildman–Crippen MR) is 86.1 cm³/mol. The summed E-state index contributed by atoms with van der Waals surface area (Å²) < 4.78 is 13.9. The lowest BCUT2D eigenvalue weighted by Gasteiger charge is -2.13. The molecule has 21 heavy (non-hydrogen) atoms. The molecule has 112 valence electrons. The van der Waals surface area contributed by atoms with Crippen molar-refractivity contribution in [2.45, 2.75) is 26.7 Å². The van der Waals surface area contributed by atoms with Crippen LogP contribution < -0.4 is 16.6 Å². The van der Waals surface area contributed by atoms with Gasteiger partial charge in [-0.3, -0.25) is 0 Å². The van der Waals surface area contributed by atoms with Crippen molar-refractivity contribution in [3.8, 4) is 0 Å². The monoisotopic (exact) mass is 353 g/mol. The number of aryl methyl sites for hydroxylation is 1. The number of rotatable bonds is 4. The molecular weight excluding hydrogens is 337 g/mol. The highest BCUT2D eigenvalue weighted by Crippen LogP contribution is 2.27. The maximum atomic E-state index is 13.5. The van der Waals surface area contributed by atoms with Gasteiger partial charge >= 0.3 is 0 Å². The minimum Gasteiger partial charge on any atom is -0.340 e. The number of hydrogen-bond donors (Lipinski definition) is 3. The number of nitrogens with zero attached hydrogens (tertiary/aromatic N) is 2. The summed E-state index contributed by atoms with van der Waals surface area (Å²) in [4.78, 5) is 8.73. The second kappa shape index (κ2) is 6.36. The molecule has 1 heterocycles. The van der Waals surface area contributed by atoms with E-state index in [1.807, 2.05) is 20.8 Å². The second-order valence-electron chi connectivity index (χ2n) is 5.00. The standard InChI is InChI=1S/C14H17BrFN5/c1-7(2)14-19-12(6-13(20-14)21-17)18-11-5-9(15)10(16)4-8(11)3/h4-7H,17H2,1-3H3,(H2,18,19,20,21). The van der Waals surface area contributed by atoms with Crippen molar-refractivity contribution < 1.29 is 4.39 Å². The molecule has 0 spiro atoms. The van der Waals surface area contributed by atoms with E-state index in [0.717, 1.165) is 11.3 Å². The lowest BCUT2D eigenvalue weighted by atomic mass is 10.2. The molecule has 0 unspecified atom stereocenters. The quantitative estimate of drug-likeness (QED) is 0.575. The van der Waals surface area contributed by atoms with Gasteiger partial charge in [-0.2, -0.15) is 0 Å². The summed E-state index contributed by atoms with van der Waals surface area (Å²) in [5.74, 6) is 7.09. The van der Waals surface area contributed by atoms with Crippen LogP contribution in [-0.4, -0.2) is 9.97 Å². The fourth-order valence-corrected chi connectivity index (χ4v) is 2.12. The van der Waals surface area contributed by atoms with E-state index in [1.165, 1.54) is 6.07 Å². The molecule has 2 rings (SSSR count). The maximum absolute atomic E-state index is 13.5. The topological polar surface area (TPSA) is 75.9 Å². The summed E-state index contributed by atoms with van der Waals surface area (Å²) in [6, 6.07) is 4.83. The highest BCUT2D eigenvalue weighted by atomic mass is 79.9. The van der Waals surface area contributed by atoms with Crippen LogP contribution in [0.3, 0.4) is 0 Å². The summed E-state index contributed by atoms with van der Waals surface area (Å²) in [6.07, 6.45) is 0. The van der Waals surface area contributed by atoms with Crippen molar-refractivity contribution in [1.82, 2.24) is 9.97 Å². The highest BCUT2D eigenvalue weighted by Gasteiger charge is 2.10. The normalized spacial score (nSPS) is 10.8. The molecule has 0 aliphatic carbocycles. The van der Waals surface area contributed by atoms with Crippen LogP contribution in [0.15, 0.2) is 22.7 Å². The number of anilines is 3. The van der Waals surface area contributed by atoms with E-state index in [1.54, 1.807) is 12.1 Å². The van der Waals surface area contributed by atoms with Crippen molar-refractivity contribution in [3.05, 3.63) is 39.9 Å². The molecule has 0 aliphatic rings. The molecule has 0 radical (unpaired) electrons. The highest BCUT2D eigenvalue weighted by molar-refractivity contribution is 9.10. The van der Waals surface area contributed by atoms with Crippen molar-refractivity contribution >= 4 is 33.3 Å². The fourth-order valence-electron chi connectivity index (χ4n) is 1.78. The molecule has 0 fully saturated rings. The van der Waals surface area contributed by atoms with Gasteiger partial charge in [0, 0.05) is 17.7 Å². The lowest BCUT2D eigenvalue weighted by molar-refractivity contribution is 0.620. The molecule has 7 heteroatoms. The number of benzene rings is 1. The summed E-state index contributed by atoms with van der Waals surface area (Å²) in [7, 11) is 0. The van der Waals surface area contributed by atoms with E-state index in [9.17, 15) is 4.39 Å². The van der Waals surface area contributed by atoms with Gasteiger partial charge in [0.05, 0.1) is 4.47 Å². The Bertz CT molecular complexity index is 660. The zero-order valence-electron chi connectivity index (χ0n) is 12.0. The van der Waals surface area contributed by atoms with E-state index in [0.29, 0.717) is 21.9 Å². The number of nitrogens with one attached hydrogen (secondary N) is 2. The first kappa shape index (κ1) is 15.7. The first-order valence-corrected chi connectivity index (χ1v) is 7.28. The van der Waals surface area contributed by atoms with Gasteiger partial charge in [0.25, 0.3) is 0 Å². The molecule has 4 N–H and O–H groups in total. The number of aromatic nitrogens is 2. The molecule has 0 aliphatic heterocycles. The van der Waals surface area contributed by atoms with E-state index in [4.69, 9.17) is 5.84 Å². The fraction of sp³-hybridized carbons (Fsp3) is 0.286. The third-order valence-electron chi connectivity index (χ3n) is 2.94. The first-order valence-electron chi connectivity index (χ1n) is 6.49. The van der Waals surface area contributed by atoms with Gasteiger partial charge < -0.3 is 10.7 Å². The Balaban J connectivity index is 2.39. The van der Waals surface area contributed by atoms with Crippen LogP contribution in [0.5, 0.6) is 0 Å². The summed E-state index contributed by atoms with van der Waals surface area (Å²) in [5.41, 5.74) is 4.07. The van der Waals surface area contributed by atoms with Crippen LogP contribution in [0.1, 0.15) is 31.2 Å². The SMILES string of the molecule is Cc1cc(F)c(Br)cc1Nc1cc(NN)nc(C(C)C)n1. The van der Waals surface area contributed by atoms with Crippen LogP contribution in [0.4, 0.5) is 21.7 Å². The van der Waals surface area contributed by atoms with E-state index in [-0.39, 0.29) is 11.7 Å². The zero-order valence-corrected chi connectivity index (χ0v) is 13.6. The molecule has 2 aromatic rings. The predicted octanol–water partition coefficient (Wildman–Crippen LogP) is 3.84. The number of hydrogen-bond acceptors (Lipinski definition) is 5. The summed E-state index contributed by atoms with van der Waals surface area (Å²) >= 11 is 3.18. The van der Waals surface area contributed by atoms with Crippen LogP contribution in [0, 0.1) is 12.7 Å². The van der Waals surface area contributed by atoms with E-state index >= 15 is 0 Å². The first-order chi connectivity index (χ1) is 9.90. The Morgan fingerprint density at radius 3 is 2.48 bits per heavy atom. The second-order valence-corrected chi connectivity index (χ2v) is 5.86. The average Bonchev–Trinajstić information content (AvgIpc) is 2.44. The molecule has 0 bridgehead atoms. The average molecular weight is 354 g/mol. The largest absolute Gasteiger partial charge is 0.340 e. The van der Waals surface area contributed by atoms with Gasteiger partial charge in [-0.05, 0) is 40.5 Å². The third-order valence-corrected chi connectivity index (χ3v) is 3.55. The third kappa shape index (κ3) is 3.68.